The first kappa shape index (κ1) is 13.2. The van der Waals surface area contributed by atoms with Crippen molar-refractivity contribution in [3.8, 4) is 5.75 Å². The standard InChI is InChI=1S/C13H18N2O2/c1-10(2)8-13(16)15-14-9-11-6-4-5-7-12(11)17-3/h4-7,9-10H,8H2,1-3H3,(H,15,16). The molecule has 92 valence electrons. The lowest BCUT2D eigenvalue weighted by molar-refractivity contribution is -0.121. The topological polar surface area (TPSA) is 50.7 Å². The fourth-order valence-corrected chi connectivity index (χ4v) is 1.36. The fourth-order valence-electron chi connectivity index (χ4n) is 1.36. The second-order valence-corrected chi connectivity index (χ2v) is 4.13. The number of carbonyl (C=O) groups excluding carboxylic acids is 1. The molecule has 4 nitrogen and oxygen atoms in total. The van der Waals surface area contributed by atoms with Crippen LogP contribution in [0.4, 0.5) is 0 Å². The zero-order valence-electron chi connectivity index (χ0n) is 10.4. The molecule has 0 fully saturated rings. The van der Waals surface area contributed by atoms with E-state index in [4.69, 9.17) is 4.74 Å². The maximum atomic E-state index is 11.3. The average Bonchev–Trinajstić information content (AvgIpc) is 2.28. The zero-order valence-corrected chi connectivity index (χ0v) is 10.4. The Bertz CT molecular complexity index is 400. The van der Waals surface area contributed by atoms with Crippen molar-refractivity contribution in [2.45, 2.75) is 20.3 Å². The van der Waals surface area contributed by atoms with Gasteiger partial charge in [-0.1, -0.05) is 26.0 Å². The molecule has 0 radical (unpaired) electrons. The number of ether oxygens (including phenoxy) is 1. The normalized spacial score (nSPS) is 10.8. The molecule has 0 aliphatic carbocycles. The minimum absolute atomic E-state index is 0.0776. The number of hydrogen-bond acceptors (Lipinski definition) is 3. The highest BCUT2D eigenvalue weighted by Gasteiger charge is 2.02. The summed E-state index contributed by atoms with van der Waals surface area (Å²) in [4.78, 5) is 11.3. The Morgan fingerprint density at radius 3 is 2.82 bits per heavy atom. The van der Waals surface area contributed by atoms with Crippen molar-refractivity contribution >= 4 is 12.1 Å². The van der Waals surface area contributed by atoms with Gasteiger partial charge in [0.1, 0.15) is 5.75 Å². The van der Waals surface area contributed by atoms with Crippen molar-refractivity contribution < 1.29 is 9.53 Å². The SMILES string of the molecule is COc1ccccc1C=NNC(=O)CC(C)C. The molecule has 0 saturated heterocycles. The first-order valence-corrected chi connectivity index (χ1v) is 5.58. The van der Waals surface area contributed by atoms with Crippen molar-refractivity contribution in [1.82, 2.24) is 5.43 Å². The van der Waals surface area contributed by atoms with Gasteiger partial charge in [-0.25, -0.2) is 5.43 Å². The lowest BCUT2D eigenvalue weighted by Gasteiger charge is -2.04. The maximum Gasteiger partial charge on any atom is 0.240 e. The molecule has 0 aliphatic rings. The molecule has 4 heteroatoms. The number of rotatable bonds is 5. The van der Waals surface area contributed by atoms with Crippen LogP contribution in [0.2, 0.25) is 0 Å². The van der Waals surface area contributed by atoms with Crippen molar-refractivity contribution in [2.24, 2.45) is 11.0 Å². The van der Waals surface area contributed by atoms with Gasteiger partial charge >= 0.3 is 0 Å². The first-order valence-electron chi connectivity index (χ1n) is 5.58. The van der Waals surface area contributed by atoms with Crippen LogP contribution in [0.3, 0.4) is 0 Å². The van der Waals surface area contributed by atoms with Crippen LogP contribution in [-0.4, -0.2) is 19.2 Å². The van der Waals surface area contributed by atoms with Gasteiger partial charge in [-0.3, -0.25) is 4.79 Å². The number of nitrogens with zero attached hydrogens (tertiary/aromatic N) is 1. The molecule has 1 amide bonds. The highest BCUT2D eigenvalue weighted by Crippen LogP contribution is 2.14. The van der Waals surface area contributed by atoms with E-state index >= 15 is 0 Å². The quantitative estimate of drug-likeness (QED) is 0.627. The lowest BCUT2D eigenvalue weighted by atomic mass is 10.1. The minimum atomic E-state index is -0.0776. The summed E-state index contributed by atoms with van der Waals surface area (Å²) in [6.45, 7) is 3.98. The summed E-state index contributed by atoms with van der Waals surface area (Å²) in [5.41, 5.74) is 3.32. The number of benzene rings is 1. The molecule has 0 aliphatic heterocycles. The van der Waals surface area contributed by atoms with E-state index in [1.807, 2.05) is 38.1 Å². The predicted molar refractivity (Wildman–Crippen MR) is 68.2 cm³/mol. The van der Waals surface area contributed by atoms with E-state index in [-0.39, 0.29) is 5.91 Å². The molecular formula is C13H18N2O2. The summed E-state index contributed by atoms with van der Waals surface area (Å²) in [6.07, 6.45) is 2.06. The van der Waals surface area contributed by atoms with Gasteiger partial charge in [-0.05, 0) is 18.1 Å². The summed E-state index contributed by atoms with van der Waals surface area (Å²) < 4.78 is 5.16. The van der Waals surface area contributed by atoms with Crippen molar-refractivity contribution in [2.75, 3.05) is 7.11 Å². The van der Waals surface area contributed by atoms with Crippen LogP contribution in [0, 0.1) is 5.92 Å². The van der Waals surface area contributed by atoms with E-state index in [0.29, 0.717) is 12.3 Å². The van der Waals surface area contributed by atoms with Gasteiger partial charge in [0.15, 0.2) is 0 Å². The molecule has 17 heavy (non-hydrogen) atoms. The van der Waals surface area contributed by atoms with Crippen LogP contribution in [0.25, 0.3) is 0 Å². The molecule has 0 bridgehead atoms. The molecule has 0 atom stereocenters. The molecule has 0 saturated carbocycles. The van der Waals surface area contributed by atoms with Crippen LogP contribution in [0.15, 0.2) is 29.4 Å². The number of nitrogens with one attached hydrogen (secondary N) is 1. The van der Waals surface area contributed by atoms with Gasteiger partial charge in [0.25, 0.3) is 0 Å². The molecule has 0 aromatic heterocycles. The summed E-state index contributed by atoms with van der Waals surface area (Å²) in [7, 11) is 1.60. The Labute approximate surface area is 102 Å². The third-order valence-electron chi connectivity index (χ3n) is 2.13. The molecule has 1 N–H and O–H groups in total. The molecule has 1 aromatic rings. The molecule has 0 heterocycles. The molecule has 1 aromatic carbocycles. The Hall–Kier alpha value is -1.84. The summed E-state index contributed by atoms with van der Waals surface area (Å²) >= 11 is 0. The van der Waals surface area contributed by atoms with E-state index in [0.717, 1.165) is 11.3 Å². The van der Waals surface area contributed by atoms with Crippen molar-refractivity contribution in [3.63, 3.8) is 0 Å². The van der Waals surface area contributed by atoms with Crippen molar-refractivity contribution in [1.29, 1.82) is 0 Å². The Morgan fingerprint density at radius 2 is 2.18 bits per heavy atom. The van der Waals surface area contributed by atoms with Crippen LogP contribution in [0.5, 0.6) is 5.75 Å². The molecule has 0 spiro atoms. The number of amides is 1. The Kier molecular flexibility index (Phi) is 5.20. The molecule has 1 rings (SSSR count). The summed E-state index contributed by atoms with van der Waals surface area (Å²) in [5.74, 6) is 0.983. The van der Waals surface area contributed by atoms with E-state index in [1.54, 1.807) is 13.3 Å². The summed E-state index contributed by atoms with van der Waals surface area (Å²) in [5, 5.41) is 3.90. The number of carbonyl (C=O) groups is 1. The smallest absolute Gasteiger partial charge is 0.240 e. The molecule has 0 unspecified atom stereocenters. The van der Waals surface area contributed by atoms with Gasteiger partial charge in [-0.2, -0.15) is 5.10 Å². The van der Waals surface area contributed by atoms with Gasteiger partial charge in [0, 0.05) is 12.0 Å². The van der Waals surface area contributed by atoms with E-state index < -0.39 is 0 Å². The summed E-state index contributed by atoms with van der Waals surface area (Å²) in [6, 6.07) is 7.49. The average molecular weight is 234 g/mol. The lowest BCUT2D eigenvalue weighted by Crippen LogP contribution is -2.19. The van der Waals surface area contributed by atoms with E-state index in [2.05, 4.69) is 10.5 Å². The van der Waals surface area contributed by atoms with Gasteiger partial charge in [-0.15, -0.1) is 0 Å². The van der Waals surface area contributed by atoms with E-state index in [9.17, 15) is 4.79 Å². The highest BCUT2D eigenvalue weighted by molar-refractivity contribution is 5.85. The second-order valence-electron chi connectivity index (χ2n) is 4.13. The Balaban J connectivity index is 2.56. The first-order chi connectivity index (χ1) is 8.13. The number of para-hydroxylation sites is 1. The fraction of sp³-hybridized carbons (Fsp3) is 0.385. The van der Waals surface area contributed by atoms with Gasteiger partial charge in [0.05, 0.1) is 13.3 Å². The van der Waals surface area contributed by atoms with Gasteiger partial charge in [0.2, 0.25) is 5.91 Å². The van der Waals surface area contributed by atoms with Crippen LogP contribution in [0.1, 0.15) is 25.8 Å². The number of hydrazone groups is 1. The third kappa shape index (κ3) is 4.68. The van der Waals surface area contributed by atoms with Crippen LogP contribution >= 0.6 is 0 Å². The van der Waals surface area contributed by atoms with Crippen LogP contribution < -0.4 is 10.2 Å². The minimum Gasteiger partial charge on any atom is -0.496 e. The Morgan fingerprint density at radius 1 is 1.47 bits per heavy atom. The number of methoxy groups -OCH3 is 1. The zero-order chi connectivity index (χ0) is 12.7. The predicted octanol–water partition coefficient (Wildman–Crippen LogP) is 2.19. The largest absolute Gasteiger partial charge is 0.496 e. The maximum absolute atomic E-state index is 11.3. The second kappa shape index (κ2) is 6.68. The number of hydrogen-bond donors (Lipinski definition) is 1. The van der Waals surface area contributed by atoms with Crippen LogP contribution in [-0.2, 0) is 4.79 Å². The van der Waals surface area contributed by atoms with Crippen molar-refractivity contribution in [3.05, 3.63) is 29.8 Å². The third-order valence-corrected chi connectivity index (χ3v) is 2.13. The highest BCUT2D eigenvalue weighted by atomic mass is 16.5. The monoisotopic (exact) mass is 234 g/mol. The molecular weight excluding hydrogens is 216 g/mol. The van der Waals surface area contributed by atoms with E-state index in [1.165, 1.54) is 0 Å². The van der Waals surface area contributed by atoms with Gasteiger partial charge < -0.3 is 4.74 Å².